The van der Waals surface area contributed by atoms with Crippen LogP contribution in [0.25, 0.3) is 0 Å². The Hall–Kier alpha value is -1.20. The van der Waals surface area contributed by atoms with Crippen LogP contribution in [0.5, 0.6) is 5.75 Å². The highest BCUT2D eigenvalue weighted by Crippen LogP contribution is 2.27. The number of piperazine rings is 1. The number of benzene rings is 1. The number of halogens is 1. The fourth-order valence-electron chi connectivity index (χ4n) is 3.01. The molecule has 0 aliphatic carbocycles. The van der Waals surface area contributed by atoms with Gasteiger partial charge in [-0.2, -0.15) is 0 Å². The number of guanidine groups is 1. The first-order chi connectivity index (χ1) is 13.3. The number of anilines is 1. The van der Waals surface area contributed by atoms with Gasteiger partial charge in [0, 0.05) is 56.6 Å². The quantitative estimate of drug-likeness (QED) is 0.186. The van der Waals surface area contributed by atoms with E-state index < -0.39 is 0 Å². The van der Waals surface area contributed by atoms with Gasteiger partial charge < -0.3 is 20.2 Å². The summed E-state index contributed by atoms with van der Waals surface area (Å²) in [5, 5.41) is 15.5. The van der Waals surface area contributed by atoms with Crippen LogP contribution in [0.15, 0.2) is 45.2 Å². The van der Waals surface area contributed by atoms with E-state index in [0.29, 0.717) is 5.75 Å². The molecule has 1 aromatic heterocycles. The summed E-state index contributed by atoms with van der Waals surface area (Å²) in [7, 11) is 0. The number of thioether (sulfide) groups is 1. The minimum Gasteiger partial charge on any atom is -0.506 e. The van der Waals surface area contributed by atoms with Crippen molar-refractivity contribution in [3.05, 3.63) is 35.8 Å². The normalized spacial score (nSPS) is 14.7. The van der Waals surface area contributed by atoms with Gasteiger partial charge in [-0.3, -0.25) is 4.99 Å². The number of aromatic nitrogens is 1. The molecular weight excluding hydrogens is 505 g/mol. The monoisotopic (exact) mass is 533 g/mol. The predicted octanol–water partition coefficient (Wildman–Crippen LogP) is 3.74. The third kappa shape index (κ3) is 6.70. The fourth-order valence-corrected chi connectivity index (χ4v) is 4.64. The van der Waals surface area contributed by atoms with Crippen LogP contribution < -0.4 is 10.2 Å². The molecular formula is C19H28IN5OS2. The van der Waals surface area contributed by atoms with E-state index in [4.69, 9.17) is 4.99 Å². The molecule has 1 aliphatic rings. The molecule has 2 N–H and O–H groups in total. The Kier molecular flexibility index (Phi) is 10.2. The van der Waals surface area contributed by atoms with Gasteiger partial charge in [0.15, 0.2) is 5.96 Å². The first-order valence-corrected chi connectivity index (χ1v) is 11.2. The van der Waals surface area contributed by atoms with Crippen molar-refractivity contribution in [2.45, 2.75) is 17.7 Å². The van der Waals surface area contributed by atoms with Crippen molar-refractivity contribution in [2.24, 2.45) is 4.99 Å². The third-order valence-electron chi connectivity index (χ3n) is 4.34. The Morgan fingerprint density at radius 1 is 1.29 bits per heavy atom. The van der Waals surface area contributed by atoms with Gasteiger partial charge in [-0.25, -0.2) is 4.98 Å². The molecule has 1 aliphatic heterocycles. The van der Waals surface area contributed by atoms with Crippen molar-refractivity contribution in [3.63, 3.8) is 0 Å². The van der Waals surface area contributed by atoms with Crippen molar-refractivity contribution in [3.8, 4) is 5.75 Å². The van der Waals surface area contributed by atoms with Gasteiger partial charge in [0.2, 0.25) is 0 Å². The maximum atomic E-state index is 10.1. The minimum atomic E-state index is 0. The lowest BCUT2D eigenvalue weighted by Gasteiger charge is -2.37. The molecule has 154 valence electrons. The van der Waals surface area contributed by atoms with Gasteiger partial charge in [0.1, 0.15) is 10.1 Å². The van der Waals surface area contributed by atoms with E-state index in [-0.39, 0.29) is 24.0 Å². The topological polar surface area (TPSA) is 64.0 Å². The maximum Gasteiger partial charge on any atom is 0.194 e. The number of nitrogens with one attached hydrogen (secondary N) is 1. The first kappa shape index (κ1) is 23.1. The maximum absolute atomic E-state index is 10.1. The molecule has 1 fully saturated rings. The number of thiazole rings is 1. The molecule has 0 bridgehead atoms. The van der Waals surface area contributed by atoms with Crippen molar-refractivity contribution in [2.75, 3.05) is 49.9 Å². The summed E-state index contributed by atoms with van der Waals surface area (Å²) in [6.45, 7) is 7.34. The van der Waals surface area contributed by atoms with E-state index in [1.807, 2.05) is 29.8 Å². The van der Waals surface area contributed by atoms with Crippen LogP contribution >= 0.6 is 47.1 Å². The highest BCUT2D eigenvalue weighted by Gasteiger charge is 2.21. The zero-order valence-corrected chi connectivity index (χ0v) is 20.0. The largest absolute Gasteiger partial charge is 0.506 e. The van der Waals surface area contributed by atoms with E-state index in [1.54, 1.807) is 29.2 Å². The summed E-state index contributed by atoms with van der Waals surface area (Å²) in [5.41, 5.74) is 0.915. The Balaban J connectivity index is 0.00000280. The van der Waals surface area contributed by atoms with Gasteiger partial charge in [0.05, 0.1) is 5.69 Å². The summed E-state index contributed by atoms with van der Waals surface area (Å²) in [6, 6.07) is 7.55. The Bertz CT molecular complexity index is 721. The molecule has 1 saturated heterocycles. The van der Waals surface area contributed by atoms with E-state index in [1.165, 1.54) is 0 Å². The van der Waals surface area contributed by atoms with Crippen LogP contribution in [-0.2, 0) is 0 Å². The number of rotatable bonds is 7. The van der Waals surface area contributed by atoms with Gasteiger partial charge >= 0.3 is 0 Å². The molecule has 3 rings (SSSR count). The standard InChI is InChI=1S/C19H27N5OS2.HI/c1-2-20-18(21-8-5-14-26-19-22-9-15-27-19)24-12-10-23(11-13-24)16-6-3-4-7-17(16)25;/h3-4,6-7,9,15,25H,2,5,8,10-14H2,1H3,(H,20,21);1H. The number of hydrogen-bond acceptors (Lipinski definition) is 6. The molecule has 0 unspecified atom stereocenters. The first-order valence-electron chi connectivity index (χ1n) is 9.36. The lowest BCUT2D eigenvalue weighted by Crippen LogP contribution is -2.52. The molecule has 0 radical (unpaired) electrons. The van der Waals surface area contributed by atoms with Gasteiger partial charge in [0.25, 0.3) is 0 Å². The van der Waals surface area contributed by atoms with Gasteiger partial charge in [-0.15, -0.1) is 35.3 Å². The second-order valence-corrected chi connectivity index (χ2v) is 8.44. The number of phenolic OH excluding ortho intramolecular Hbond substituents is 1. The number of aromatic hydroxyl groups is 1. The van der Waals surface area contributed by atoms with Crippen molar-refractivity contribution in [1.82, 2.24) is 15.2 Å². The lowest BCUT2D eigenvalue weighted by atomic mass is 10.2. The summed E-state index contributed by atoms with van der Waals surface area (Å²) in [6.07, 6.45) is 2.89. The van der Waals surface area contributed by atoms with Crippen LogP contribution in [0.2, 0.25) is 0 Å². The van der Waals surface area contributed by atoms with E-state index >= 15 is 0 Å². The second-order valence-electron chi connectivity index (χ2n) is 6.20. The average molecular weight is 534 g/mol. The van der Waals surface area contributed by atoms with Crippen molar-refractivity contribution in [1.29, 1.82) is 0 Å². The molecule has 0 amide bonds. The van der Waals surface area contributed by atoms with Gasteiger partial charge in [-0.05, 0) is 25.5 Å². The molecule has 28 heavy (non-hydrogen) atoms. The zero-order chi connectivity index (χ0) is 18.9. The number of nitrogens with zero attached hydrogens (tertiary/aromatic N) is 4. The smallest absolute Gasteiger partial charge is 0.194 e. The predicted molar refractivity (Wildman–Crippen MR) is 131 cm³/mol. The van der Waals surface area contributed by atoms with Crippen LogP contribution in [0.3, 0.4) is 0 Å². The van der Waals surface area contributed by atoms with Gasteiger partial charge in [-0.1, -0.05) is 23.9 Å². The summed E-state index contributed by atoms with van der Waals surface area (Å²) >= 11 is 3.49. The van der Waals surface area contributed by atoms with Crippen LogP contribution in [0, 0.1) is 0 Å². The number of para-hydroxylation sites is 2. The summed E-state index contributed by atoms with van der Waals surface area (Å²) in [5.74, 6) is 2.38. The van der Waals surface area contributed by atoms with Crippen LogP contribution in [-0.4, -0.2) is 66.0 Å². The van der Waals surface area contributed by atoms with Crippen molar-refractivity contribution < 1.29 is 5.11 Å². The molecule has 2 aromatic rings. The van der Waals surface area contributed by atoms with E-state index in [2.05, 4.69) is 27.0 Å². The highest BCUT2D eigenvalue weighted by atomic mass is 127. The molecule has 1 aromatic carbocycles. The Labute approximate surface area is 192 Å². The lowest BCUT2D eigenvalue weighted by molar-refractivity contribution is 0.370. The molecule has 0 saturated carbocycles. The molecule has 6 nitrogen and oxygen atoms in total. The molecule has 0 spiro atoms. The summed E-state index contributed by atoms with van der Waals surface area (Å²) in [4.78, 5) is 13.6. The SMILES string of the molecule is CCNC(=NCCCSc1nccs1)N1CCN(c2ccccc2O)CC1.I. The average Bonchev–Trinajstić information content (AvgIpc) is 3.21. The fraction of sp³-hybridized carbons (Fsp3) is 0.474. The van der Waals surface area contributed by atoms with Crippen molar-refractivity contribution >= 4 is 58.7 Å². The number of aliphatic imine (C=N–C) groups is 1. The Morgan fingerprint density at radius 3 is 2.75 bits per heavy atom. The third-order valence-corrected chi connectivity index (χ3v) is 6.39. The van der Waals surface area contributed by atoms with Crippen LogP contribution in [0.1, 0.15) is 13.3 Å². The van der Waals surface area contributed by atoms with E-state index in [0.717, 1.165) is 67.4 Å². The summed E-state index contributed by atoms with van der Waals surface area (Å²) < 4.78 is 1.13. The number of phenols is 1. The molecule has 9 heteroatoms. The van der Waals surface area contributed by atoms with Crippen LogP contribution in [0.4, 0.5) is 5.69 Å². The number of hydrogen-bond donors (Lipinski definition) is 2. The minimum absolute atomic E-state index is 0. The highest BCUT2D eigenvalue weighted by molar-refractivity contribution is 14.0. The Morgan fingerprint density at radius 2 is 2.07 bits per heavy atom. The molecule has 2 heterocycles. The zero-order valence-electron chi connectivity index (χ0n) is 16.1. The van der Waals surface area contributed by atoms with E-state index in [9.17, 15) is 5.11 Å². The second kappa shape index (κ2) is 12.4. The molecule has 0 atom stereocenters.